The lowest BCUT2D eigenvalue weighted by Gasteiger charge is -2.24. The maximum Gasteiger partial charge on any atom is 0.472 e. The highest BCUT2D eigenvalue weighted by atomic mass is 35.5. The van der Waals surface area contributed by atoms with Gasteiger partial charge in [-0.25, -0.2) is 14.1 Å². The molecule has 5 atom stereocenters. The maximum atomic E-state index is 13.0. The Kier molecular flexibility index (Phi) is 20.2. The van der Waals surface area contributed by atoms with Gasteiger partial charge in [-0.1, -0.05) is 121 Å². The number of phosphoric ester groups is 1. The quantitative estimate of drug-likeness (QED) is 0.0442. The summed E-state index contributed by atoms with van der Waals surface area (Å²) in [6.45, 7) is 2.15. The second-order valence-electron chi connectivity index (χ2n) is 14.8. The number of hydrogen-bond donors (Lipinski definition) is 3. The number of aliphatic hydroxyl groups is 1. The summed E-state index contributed by atoms with van der Waals surface area (Å²) in [4.78, 5) is 14.5. The number of nitrogen functional groups attached to an aromatic ring is 1. The first-order chi connectivity index (χ1) is 27.6. The third-order valence-electron chi connectivity index (χ3n) is 10.3. The van der Waals surface area contributed by atoms with Crippen LogP contribution in [0, 0.1) is 22.7 Å². The number of aromatic nitrogens is 3. The van der Waals surface area contributed by atoms with Crippen molar-refractivity contribution in [1.82, 2.24) is 14.6 Å². The number of phosphoric acid groups is 1. The minimum absolute atomic E-state index is 0.0634. The van der Waals surface area contributed by atoms with Crippen LogP contribution in [0.5, 0.6) is 0 Å². The monoisotopic (exact) mass is 830 g/mol. The van der Waals surface area contributed by atoms with Crippen LogP contribution in [-0.4, -0.2) is 69.3 Å². The summed E-state index contributed by atoms with van der Waals surface area (Å²) in [6, 6.07) is 12.2. The highest BCUT2D eigenvalue weighted by Gasteiger charge is 2.52. The third-order valence-corrected chi connectivity index (χ3v) is 11.5. The predicted molar refractivity (Wildman–Crippen MR) is 217 cm³/mol. The van der Waals surface area contributed by atoms with Crippen LogP contribution in [0.25, 0.3) is 5.52 Å². The molecule has 1 aliphatic rings. The maximum absolute atomic E-state index is 13.0. The van der Waals surface area contributed by atoms with Crippen molar-refractivity contribution < 1.29 is 37.8 Å². The third kappa shape index (κ3) is 14.9. The van der Waals surface area contributed by atoms with Crippen LogP contribution in [0.1, 0.15) is 133 Å². The number of nitrogens with zero attached hydrogens (tertiary/aromatic N) is 5. The van der Waals surface area contributed by atoms with Gasteiger partial charge in [0, 0.05) is 13.0 Å². The van der Waals surface area contributed by atoms with Crippen molar-refractivity contribution in [3.8, 4) is 12.1 Å². The van der Waals surface area contributed by atoms with Crippen LogP contribution in [0.4, 0.5) is 5.82 Å². The average Bonchev–Trinajstić information content (AvgIpc) is 3.79. The fourth-order valence-corrected chi connectivity index (χ4v) is 7.94. The highest BCUT2D eigenvalue weighted by molar-refractivity contribution is 7.47. The number of aliphatic hydroxyl groups excluding tert-OH is 1. The van der Waals surface area contributed by atoms with Crippen LogP contribution in [-0.2, 0) is 40.0 Å². The summed E-state index contributed by atoms with van der Waals surface area (Å²) < 4.78 is 42.9. The normalized spacial score (nSPS) is 19.7. The van der Waals surface area contributed by atoms with Gasteiger partial charge in [-0.2, -0.15) is 15.6 Å². The standard InChI is InChI=1S/C41H60ClN6O8P/c1-2-3-4-5-6-7-8-9-10-11-12-13-14-15-16-17-22-52-27-35(53-26-32-18-19-36(42)33(23-32)25-43)29-55-57(50,51)54-28-34-24-39(49)41(30-44,56-34)38-21-20-37-40(45)46-31-47-48(37)38/h18-21,23,31,34-35,39,49H,2-17,22,24,26-29H2,1H3,(H,50,51)(H2,45,46,47)/t34-,35+,39+,41-/m0/s1. The van der Waals surface area contributed by atoms with Crippen molar-refractivity contribution in [2.75, 3.05) is 32.2 Å². The van der Waals surface area contributed by atoms with Gasteiger partial charge in [-0.3, -0.25) is 9.05 Å². The molecule has 2 aromatic heterocycles. The fraction of sp³-hybridized carbons (Fsp3) is 0.659. The Morgan fingerprint density at radius 1 is 0.982 bits per heavy atom. The molecule has 0 saturated carbocycles. The molecular formula is C41H60ClN6O8P. The van der Waals surface area contributed by atoms with E-state index in [4.69, 9.17) is 40.6 Å². The van der Waals surface area contributed by atoms with E-state index in [2.05, 4.69) is 17.0 Å². The minimum atomic E-state index is -4.65. The highest BCUT2D eigenvalue weighted by Crippen LogP contribution is 2.46. The second kappa shape index (κ2) is 24.7. The van der Waals surface area contributed by atoms with Crippen LogP contribution in [0.2, 0.25) is 5.02 Å². The van der Waals surface area contributed by atoms with Gasteiger partial charge in [0.2, 0.25) is 5.60 Å². The van der Waals surface area contributed by atoms with Crippen molar-refractivity contribution in [3.63, 3.8) is 0 Å². The molecule has 4 rings (SSSR count). The van der Waals surface area contributed by atoms with Crippen molar-refractivity contribution in [1.29, 1.82) is 10.5 Å². The van der Waals surface area contributed by atoms with Gasteiger partial charge in [0.25, 0.3) is 0 Å². The topological polar surface area (TPSA) is 207 Å². The molecule has 0 bridgehead atoms. The van der Waals surface area contributed by atoms with Gasteiger partial charge < -0.3 is 29.9 Å². The molecular weight excluding hydrogens is 771 g/mol. The number of nitriles is 2. The lowest BCUT2D eigenvalue weighted by atomic mass is 9.94. The molecule has 57 heavy (non-hydrogen) atoms. The van der Waals surface area contributed by atoms with E-state index >= 15 is 0 Å². The van der Waals surface area contributed by atoms with E-state index in [-0.39, 0.29) is 37.8 Å². The van der Waals surface area contributed by atoms with E-state index in [0.717, 1.165) is 19.3 Å². The van der Waals surface area contributed by atoms with E-state index < -0.39 is 38.3 Å². The number of anilines is 1. The Morgan fingerprint density at radius 3 is 2.26 bits per heavy atom. The molecule has 14 nitrogen and oxygen atoms in total. The molecule has 0 amide bonds. The van der Waals surface area contributed by atoms with Crippen LogP contribution in [0.3, 0.4) is 0 Å². The van der Waals surface area contributed by atoms with Gasteiger partial charge >= 0.3 is 7.82 Å². The smallest absolute Gasteiger partial charge is 0.388 e. The second-order valence-corrected chi connectivity index (χ2v) is 16.7. The van der Waals surface area contributed by atoms with Crippen LogP contribution >= 0.6 is 19.4 Å². The lowest BCUT2D eigenvalue weighted by molar-refractivity contribution is -0.0674. The molecule has 1 unspecified atom stereocenters. The first-order valence-corrected chi connectivity index (χ1v) is 22.3. The first kappa shape index (κ1) is 46.5. The molecule has 0 spiro atoms. The summed E-state index contributed by atoms with van der Waals surface area (Å²) in [5, 5.41) is 34.9. The molecule has 314 valence electrons. The summed E-state index contributed by atoms with van der Waals surface area (Å²) in [5.74, 6) is 0.183. The molecule has 1 fully saturated rings. The first-order valence-electron chi connectivity index (χ1n) is 20.5. The summed E-state index contributed by atoms with van der Waals surface area (Å²) in [6.07, 6.45) is 18.6. The zero-order valence-electron chi connectivity index (χ0n) is 33.2. The number of unbranched alkanes of at least 4 members (excludes halogenated alkanes) is 15. The number of fused-ring (bicyclic) bond motifs is 1. The Hall–Kier alpha value is -3.14. The van der Waals surface area contributed by atoms with Crippen molar-refractivity contribution in [3.05, 3.63) is 58.5 Å². The zero-order chi connectivity index (χ0) is 40.9. The molecule has 1 saturated heterocycles. The Bertz CT molecular complexity index is 1790. The molecule has 16 heteroatoms. The van der Waals surface area contributed by atoms with E-state index in [9.17, 15) is 25.1 Å². The Labute approximate surface area is 342 Å². The average molecular weight is 831 g/mol. The van der Waals surface area contributed by atoms with E-state index in [1.165, 1.54) is 94.3 Å². The van der Waals surface area contributed by atoms with Gasteiger partial charge in [-0.15, -0.1) is 0 Å². The molecule has 4 N–H and O–H groups in total. The SMILES string of the molecule is CCCCCCCCCCCCCCCCCCOC[C@H](COP(=O)(O)OC[C@@H]1C[C@@H](O)[C@](C#N)(c2ccc3c(N)ncnn23)O1)OCc1ccc(Cl)c(C#N)c1. The van der Waals surface area contributed by atoms with Gasteiger partial charge in [0.1, 0.15) is 36.2 Å². The largest absolute Gasteiger partial charge is 0.472 e. The van der Waals surface area contributed by atoms with Gasteiger partial charge in [0.15, 0.2) is 5.82 Å². The molecule has 1 aromatic carbocycles. The van der Waals surface area contributed by atoms with E-state index in [1.807, 2.05) is 12.1 Å². The number of hydrogen-bond acceptors (Lipinski definition) is 12. The minimum Gasteiger partial charge on any atom is -0.388 e. The summed E-state index contributed by atoms with van der Waals surface area (Å²) in [7, 11) is -4.65. The summed E-state index contributed by atoms with van der Waals surface area (Å²) in [5.41, 5.74) is 5.75. The number of halogens is 1. The number of benzene rings is 1. The van der Waals surface area contributed by atoms with Crippen LogP contribution in [0.15, 0.2) is 36.7 Å². The number of rotatable bonds is 29. The summed E-state index contributed by atoms with van der Waals surface area (Å²) >= 11 is 6.09. The van der Waals surface area contributed by atoms with Gasteiger partial charge in [-0.05, 0) is 36.2 Å². The van der Waals surface area contributed by atoms with E-state index in [0.29, 0.717) is 28.3 Å². The van der Waals surface area contributed by atoms with Crippen molar-refractivity contribution in [2.24, 2.45) is 0 Å². The predicted octanol–water partition coefficient (Wildman–Crippen LogP) is 8.70. The molecule has 1 aliphatic heterocycles. The Balaban J connectivity index is 1.18. The molecule has 3 heterocycles. The number of ether oxygens (including phenoxy) is 3. The fourth-order valence-electron chi connectivity index (χ4n) is 7.00. The zero-order valence-corrected chi connectivity index (χ0v) is 34.9. The number of nitrogens with two attached hydrogens (primary N) is 1. The van der Waals surface area contributed by atoms with Crippen molar-refractivity contribution in [2.45, 2.75) is 147 Å². The van der Waals surface area contributed by atoms with Crippen LogP contribution < -0.4 is 5.73 Å². The molecule has 0 aliphatic carbocycles. The van der Waals surface area contributed by atoms with E-state index in [1.54, 1.807) is 30.3 Å². The molecule has 3 aromatic rings. The molecule has 0 radical (unpaired) electrons. The van der Waals surface area contributed by atoms with Gasteiger partial charge in [0.05, 0.1) is 48.8 Å². The Morgan fingerprint density at radius 2 is 1.63 bits per heavy atom. The van der Waals surface area contributed by atoms with Crippen molar-refractivity contribution >= 4 is 30.8 Å². The lowest BCUT2D eigenvalue weighted by Crippen LogP contribution is -2.36.